The Balaban J connectivity index is 2.47. The molecule has 0 heterocycles. The molecule has 0 aromatic heterocycles. The Hall–Kier alpha value is -0.820. The molecule has 0 amide bonds. The fraction of sp³-hybridized carbons (Fsp3) is 0.455. The van der Waals surface area contributed by atoms with Crippen LogP contribution in [0.25, 0.3) is 0 Å². The highest BCUT2D eigenvalue weighted by Gasteiger charge is 2.25. The Morgan fingerprint density at radius 3 is 2.92 bits per heavy atom. The molecule has 1 aliphatic rings. The van der Waals surface area contributed by atoms with Crippen LogP contribution in [0, 0.1) is 12.8 Å². The van der Waals surface area contributed by atoms with Gasteiger partial charge in [0.25, 0.3) is 0 Å². The van der Waals surface area contributed by atoms with Crippen LogP contribution in [0.2, 0.25) is 0 Å². The van der Waals surface area contributed by atoms with Crippen molar-refractivity contribution >= 4 is 0 Å². The Morgan fingerprint density at radius 1 is 1.42 bits per heavy atom. The molecule has 64 valence electrons. The zero-order valence-corrected chi connectivity index (χ0v) is 7.67. The zero-order chi connectivity index (χ0) is 8.72. The molecule has 1 nitrogen and oxygen atoms in total. The Kier molecular flexibility index (Phi) is 1.69. The van der Waals surface area contributed by atoms with E-state index in [0.29, 0.717) is 5.92 Å². The predicted octanol–water partition coefficient (Wildman–Crippen LogP) is 2.19. The molecule has 0 saturated carbocycles. The van der Waals surface area contributed by atoms with Crippen LogP contribution >= 0.6 is 0 Å². The second-order valence-corrected chi connectivity index (χ2v) is 3.91. The molecule has 0 fully saturated rings. The Morgan fingerprint density at radius 2 is 2.17 bits per heavy atom. The first-order valence-electron chi connectivity index (χ1n) is 4.53. The maximum Gasteiger partial charge on any atom is 0.0326 e. The lowest BCUT2D eigenvalue weighted by molar-refractivity contribution is 0.513. The molecule has 1 aliphatic carbocycles. The van der Waals surface area contributed by atoms with Gasteiger partial charge in [-0.2, -0.15) is 0 Å². The van der Waals surface area contributed by atoms with E-state index in [1.807, 2.05) is 0 Å². The number of benzene rings is 1. The molecule has 1 aromatic rings. The maximum atomic E-state index is 6.04. The highest BCUT2D eigenvalue weighted by Crippen LogP contribution is 2.34. The van der Waals surface area contributed by atoms with E-state index < -0.39 is 0 Å². The van der Waals surface area contributed by atoms with Gasteiger partial charge >= 0.3 is 0 Å². The number of aryl methyl sites for hydroxylation is 1. The maximum absolute atomic E-state index is 6.04. The monoisotopic (exact) mass is 161 g/mol. The number of rotatable bonds is 0. The first kappa shape index (κ1) is 7.81. The first-order valence-corrected chi connectivity index (χ1v) is 4.53. The van der Waals surface area contributed by atoms with Gasteiger partial charge in [-0.25, -0.2) is 0 Å². The summed E-state index contributed by atoms with van der Waals surface area (Å²) in [5.74, 6) is 0.613. The Bertz CT molecular complexity index is 304. The van der Waals surface area contributed by atoms with E-state index in [2.05, 4.69) is 32.0 Å². The molecule has 1 heteroatoms. The van der Waals surface area contributed by atoms with E-state index in [4.69, 9.17) is 5.73 Å². The highest BCUT2D eigenvalue weighted by atomic mass is 14.7. The SMILES string of the molecule is Cc1ccc2c(c1)CC(C)C2N. The molecule has 0 bridgehead atoms. The fourth-order valence-electron chi connectivity index (χ4n) is 2.02. The summed E-state index contributed by atoms with van der Waals surface area (Å²) in [4.78, 5) is 0. The summed E-state index contributed by atoms with van der Waals surface area (Å²) in [5, 5.41) is 0. The van der Waals surface area contributed by atoms with E-state index in [1.54, 1.807) is 0 Å². The van der Waals surface area contributed by atoms with E-state index in [9.17, 15) is 0 Å². The van der Waals surface area contributed by atoms with Crippen molar-refractivity contribution in [2.24, 2.45) is 11.7 Å². The highest BCUT2D eigenvalue weighted by molar-refractivity contribution is 5.38. The van der Waals surface area contributed by atoms with Gasteiger partial charge in [0.2, 0.25) is 0 Å². The van der Waals surface area contributed by atoms with Crippen molar-refractivity contribution in [2.75, 3.05) is 0 Å². The van der Waals surface area contributed by atoms with E-state index in [0.717, 1.165) is 6.42 Å². The van der Waals surface area contributed by atoms with Crippen LogP contribution in [0.3, 0.4) is 0 Å². The minimum Gasteiger partial charge on any atom is -0.324 e. The number of hydrogen-bond acceptors (Lipinski definition) is 1. The lowest BCUT2D eigenvalue weighted by atomic mass is 10.0. The first-order chi connectivity index (χ1) is 5.68. The molecule has 1 aromatic carbocycles. The van der Waals surface area contributed by atoms with Crippen LogP contribution < -0.4 is 5.73 Å². The number of fused-ring (bicyclic) bond motifs is 1. The average Bonchev–Trinajstić information content (AvgIpc) is 2.28. The minimum atomic E-state index is 0.264. The average molecular weight is 161 g/mol. The van der Waals surface area contributed by atoms with E-state index in [-0.39, 0.29) is 6.04 Å². The topological polar surface area (TPSA) is 26.0 Å². The number of nitrogens with two attached hydrogens (primary N) is 1. The molecule has 2 N–H and O–H groups in total. The third-order valence-electron chi connectivity index (χ3n) is 2.81. The molecule has 0 saturated heterocycles. The third kappa shape index (κ3) is 1.05. The second-order valence-electron chi connectivity index (χ2n) is 3.91. The third-order valence-corrected chi connectivity index (χ3v) is 2.81. The fourth-order valence-corrected chi connectivity index (χ4v) is 2.02. The van der Waals surface area contributed by atoms with E-state index >= 15 is 0 Å². The van der Waals surface area contributed by atoms with Crippen LogP contribution in [-0.2, 0) is 6.42 Å². The number of hydrogen-bond donors (Lipinski definition) is 1. The summed E-state index contributed by atoms with van der Waals surface area (Å²) in [7, 11) is 0. The summed E-state index contributed by atoms with van der Waals surface area (Å²) < 4.78 is 0. The molecule has 12 heavy (non-hydrogen) atoms. The molecule has 0 aliphatic heterocycles. The van der Waals surface area contributed by atoms with Crippen LogP contribution in [0.5, 0.6) is 0 Å². The van der Waals surface area contributed by atoms with Crippen LogP contribution in [0.1, 0.15) is 29.7 Å². The van der Waals surface area contributed by atoms with Gasteiger partial charge in [0.15, 0.2) is 0 Å². The van der Waals surface area contributed by atoms with Gasteiger partial charge in [0.1, 0.15) is 0 Å². The predicted molar refractivity (Wildman–Crippen MR) is 51.0 cm³/mol. The van der Waals surface area contributed by atoms with Gasteiger partial charge in [0.05, 0.1) is 0 Å². The second kappa shape index (κ2) is 2.60. The molecule has 2 rings (SSSR count). The van der Waals surface area contributed by atoms with Gasteiger partial charge in [0, 0.05) is 6.04 Å². The molecular weight excluding hydrogens is 146 g/mol. The zero-order valence-electron chi connectivity index (χ0n) is 7.67. The van der Waals surface area contributed by atoms with Gasteiger partial charge in [-0.1, -0.05) is 30.7 Å². The van der Waals surface area contributed by atoms with Gasteiger partial charge in [-0.05, 0) is 30.4 Å². The molecule has 2 unspecified atom stereocenters. The van der Waals surface area contributed by atoms with Gasteiger partial charge < -0.3 is 5.73 Å². The quantitative estimate of drug-likeness (QED) is 0.620. The molecule has 2 atom stereocenters. The summed E-state index contributed by atoms with van der Waals surface area (Å²) >= 11 is 0. The minimum absolute atomic E-state index is 0.264. The molecule has 0 spiro atoms. The summed E-state index contributed by atoms with van der Waals surface area (Å²) in [6.45, 7) is 4.36. The van der Waals surface area contributed by atoms with Crippen molar-refractivity contribution in [1.29, 1.82) is 0 Å². The molecule has 0 radical (unpaired) electrons. The van der Waals surface area contributed by atoms with Gasteiger partial charge in [-0.3, -0.25) is 0 Å². The standard InChI is InChI=1S/C11H15N/c1-7-3-4-10-9(5-7)6-8(2)11(10)12/h3-5,8,11H,6,12H2,1-2H3. The summed E-state index contributed by atoms with van der Waals surface area (Å²) in [6.07, 6.45) is 1.15. The van der Waals surface area contributed by atoms with Crippen LogP contribution in [0.4, 0.5) is 0 Å². The molecular formula is C11H15N. The lowest BCUT2D eigenvalue weighted by Crippen LogP contribution is -2.13. The van der Waals surface area contributed by atoms with Crippen molar-refractivity contribution < 1.29 is 0 Å². The van der Waals surface area contributed by atoms with Crippen molar-refractivity contribution in [2.45, 2.75) is 26.3 Å². The van der Waals surface area contributed by atoms with Crippen molar-refractivity contribution in [1.82, 2.24) is 0 Å². The van der Waals surface area contributed by atoms with Crippen molar-refractivity contribution in [3.8, 4) is 0 Å². The normalized spacial score (nSPS) is 27.2. The summed E-state index contributed by atoms with van der Waals surface area (Å²) in [5.41, 5.74) is 10.2. The largest absolute Gasteiger partial charge is 0.324 e. The van der Waals surface area contributed by atoms with E-state index in [1.165, 1.54) is 16.7 Å². The lowest BCUT2D eigenvalue weighted by Gasteiger charge is -2.09. The summed E-state index contributed by atoms with van der Waals surface area (Å²) in [6, 6.07) is 6.86. The Labute approximate surface area is 73.6 Å². The van der Waals surface area contributed by atoms with Crippen LogP contribution in [0.15, 0.2) is 18.2 Å². The van der Waals surface area contributed by atoms with Crippen molar-refractivity contribution in [3.63, 3.8) is 0 Å². The van der Waals surface area contributed by atoms with Crippen molar-refractivity contribution in [3.05, 3.63) is 34.9 Å². The van der Waals surface area contributed by atoms with Crippen LogP contribution in [-0.4, -0.2) is 0 Å². The van der Waals surface area contributed by atoms with Gasteiger partial charge in [-0.15, -0.1) is 0 Å². The smallest absolute Gasteiger partial charge is 0.0326 e.